The Kier molecular flexibility index (Phi) is 4.66. The molecule has 0 amide bonds. The van der Waals surface area contributed by atoms with Crippen LogP contribution in [0, 0.1) is 16.0 Å². The molecule has 1 aliphatic carbocycles. The van der Waals surface area contributed by atoms with Crippen molar-refractivity contribution in [3.05, 3.63) is 38.9 Å². The maximum Gasteiger partial charge on any atom is 0.272 e. The number of nitrogens with zero attached hydrogens (tertiary/aromatic N) is 1. The van der Waals surface area contributed by atoms with Crippen molar-refractivity contribution >= 4 is 17.3 Å². The molecule has 0 bridgehead atoms. The molecular weight excluding hydrogens is 276 g/mol. The number of nitro benzene ring substituents is 1. The molecule has 1 aromatic rings. The van der Waals surface area contributed by atoms with Crippen molar-refractivity contribution in [3.8, 4) is 0 Å². The summed E-state index contributed by atoms with van der Waals surface area (Å²) in [5, 5.41) is 11.6. The fraction of sp³-hybridized carbons (Fsp3) is 0.600. The van der Waals surface area contributed by atoms with Crippen molar-refractivity contribution in [1.82, 2.24) is 0 Å². The first-order valence-corrected chi connectivity index (χ1v) is 7.53. The number of hydrogen-bond donors (Lipinski definition) is 1. The minimum absolute atomic E-state index is 0.123. The fourth-order valence-corrected chi connectivity index (χ4v) is 3.48. The normalized spacial score (nSPS) is 26.4. The van der Waals surface area contributed by atoms with Crippen LogP contribution < -0.4 is 5.73 Å². The Balaban J connectivity index is 2.24. The van der Waals surface area contributed by atoms with E-state index in [9.17, 15) is 10.1 Å². The molecule has 5 heteroatoms. The summed E-state index contributed by atoms with van der Waals surface area (Å²) < 4.78 is 0. The van der Waals surface area contributed by atoms with E-state index in [-0.39, 0.29) is 16.1 Å². The number of hydrogen-bond acceptors (Lipinski definition) is 3. The smallest absolute Gasteiger partial charge is 0.272 e. The van der Waals surface area contributed by atoms with Crippen LogP contribution in [0.5, 0.6) is 0 Å². The van der Waals surface area contributed by atoms with Crippen molar-refractivity contribution in [1.29, 1.82) is 0 Å². The van der Waals surface area contributed by atoms with E-state index < -0.39 is 0 Å². The van der Waals surface area contributed by atoms with E-state index >= 15 is 0 Å². The third-order valence-electron chi connectivity index (χ3n) is 4.34. The van der Waals surface area contributed by atoms with Gasteiger partial charge in [-0.25, -0.2) is 0 Å². The number of halogens is 1. The monoisotopic (exact) mass is 296 g/mol. The van der Waals surface area contributed by atoms with E-state index in [4.69, 9.17) is 17.3 Å². The second kappa shape index (κ2) is 6.10. The van der Waals surface area contributed by atoms with Gasteiger partial charge in [-0.1, -0.05) is 37.8 Å². The maximum absolute atomic E-state index is 11.1. The van der Waals surface area contributed by atoms with Crippen molar-refractivity contribution < 1.29 is 4.92 Å². The van der Waals surface area contributed by atoms with Gasteiger partial charge in [-0.15, -0.1) is 0 Å². The summed E-state index contributed by atoms with van der Waals surface area (Å²) in [6.45, 7) is 2.18. The van der Waals surface area contributed by atoms with Gasteiger partial charge in [0.25, 0.3) is 5.69 Å². The number of rotatable bonds is 4. The van der Waals surface area contributed by atoms with Gasteiger partial charge in [-0.05, 0) is 37.3 Å². The van der Waals surface area contributed by atoms with Crippen LogP contribution in [0.25, 0.3) is 0 Å². The number of benzene rings is 1. The molecule has 4 nitrogen and oxygen atoms in total. The van der Waals surface area contributed by atoms with Crippen LogP contribution in [0.2, 0.25) is 5.02 Å². The first kappa shape index (κ1) is 15.3. The fourth-order valence-electron chi connectivity index (χ4n) is 3.28. The van der Waals surface area contributed by atoms with Crippen LogP contribution >= 0.6 is 11.6 Å². The van der Waals surface area contributed by atoms with E-state index in [0.29, 0.717) is 22.9 Å². The van der Waals surface area contributed by atoms with E-state index in [1.54, 1.807) is 12.1 Å². The Morgan fingerprint density at radius 1 is 1.55 bits per heavy atom. The van der Waals surface area contributed by atoms with Gasteiger partial charge in [-0.3, -0.25) is 10.1 Å². The lowest BCUT2D eigenvalue weighted by Gasteiger charge is -2.38. The molecule has 20 heavy (non-hydrogen) atoms. The number of nitrogens with two attached hydrogens (primary N) is 1. The highest BCUT2D eigenvalue weighted by Gasteiger charge is 2.34. The largest absolute Gasteiger partial charge is 0.325 e. The van der Waals surface area contributed by atoms with E-state index in [1.165, 1.54) is 12.5 Å². The van der Waals surface area contributed by atoms with Crippen molar-refractivity contribution in [2.45, 2.75) is 51.0 Å². The van der Waals surface area contributed by atoms with E-state index in [2.05, 4.69) is 6.92 Å². The van der Waals surface area contributed by atoms with Crippen molar-refractivity contribution in [3.63, 3.8) is 0 Å². The van der Waals surface area contributed by atoms with Gasteiger partial charge < -0.3 is 5.73 Å². The van der Waals surface area contributed by atoms with Crippen molar-refractivity contribution in [2.24, 2.45) is 11.7 Å². The van der Waals surface area contributed by atoms with Crippen LogP contribution in [0.3, 0.4) is 0 Å². The molecular formula is C15H21ClN2O2. The minimum atomic E-state index is -0.352. The second-order valence-corrected chi connectivity index (χ2v) is 6.38. The van der Waals surface area contributed by atoms with Gasteiger partial charge in [-0.2, -0.15) is 0 Å². The van der Waals surface area contributed by atoms with Crippen molar-refractivity contribution in [2.75, 3.05) is 0 Å². The van der Waals surface area contributed by atoms with Gasteiger partial charge in [0.15, 0.2) is 0 Å². The third kappa shape index (κ3) is 3.49. The van der Waals surface area contributed by atoms with Crippen LogP contribution in [0.15, 0.2) is 18.2 Å². The highest BCUT2D eigenvalue weighted by molar-refractivity contribution is 6.30. The highest BCUT2D eigenvalue weighted by Crippen LogP contribution is 2.36. The van der Waals surface area contributed by atoms with Gasteiger partial charge in [0.1, 0.15) is 0 Å². The van der Waals surface area contributed by atoms with E-state index in [1.807, 2.05) is 0 Å². The van der Waals surface area contributed by atoms with Crippen LogP contribution in [-0.2, 0) is 6.42 Å². The lowest BCUT2D eigenvalue weighted by atomic mass is 9.72. The summed E-state index contributed by atoms with van der Waals surface area (Å²) >= 11 is 5.98. The zero-order valence-electron chi connectivity index (χ0n) is 11.8. The molecule has 1 fully saturated rings. The molecule has 0 aromatic heterocycles. The molecule has 2 N–H and O–H groups in total. The summed E-state index contributed by atoms with van der Waals surface area (Å²) in [5.74, 6) is 0.631. The predicted octanol–water partition coefficient (Wildman–Crippen LogP) is 4.09. The Morgan fingerprint density at radius 2 is 2.30 bits per heavy atom. The lowest BCUT2D eigenvalue weighted by molar-refractivity contribution is -0.385. The summed E-state index contributed by atoms with van der Waals surface area (Å²) in [5.41, 5.74) is 6.95. The molecule has 110 valence electrons. The Bertz CT molecular complexity index is 507. The third-order valence-corrected chi connectivity index (χ3v) is 4.58. The SMILES string of the molecule is CCC1CCCC(N)(Cc2cc(Cl)ccc2[N+](=O)[O-])C1. The minimum Gasteiger partial charge on any atom is -0.325 e. The lowest BCUT2D eigenvalue weighted by Crippen LogP contribution is -2.46. The zero-order chi connectivity index (χ0) is 14.8. The average molecular weight is 297 g/mol. The van der Waals surface area contributed by atoms with Gasteiger partial charge >= 0.3 is 0 Å². The predicted molar refractivity (Wildman–Crippen MR) is 81.0 cm³/mol. The molecule has 1 aromatic carbocycles. The average Bonchev–Trinajstić information content (AvgIpc) is 2.37. The first-order chi connectivity index (χ1) is 9.43. The Morgan fingerprint density at radius 3 is 2.95 bits per heavy atom. The molecule has 1 aliphatic rings. The van der Waals surface area contributed by atoms with Gasteiger partial charge in [0, 0.05) is 22.2 Å². The first-order valence-electron chi connectivity index (χ1n) is 7.15. The zero-order valence-corrected chi connectivity index (χ0v) is 12.5. The van der Waals surface area contributed by atoms with Crippen LogP contribution in [0.1, 0.15) is 44.6 Å². The highest BCUT2D eigenvalue weighted by atomic mass is 35.5. The summed E-state index contributed by atoms with van der Waals surface area (Å²) in [6, 6.07) is 4.72. The molecule has 2 atom stereocenters. The molecule has 2 rings (SSSR count). The van der Waals surface area contributed by atoms with Gasteiger partial charge in [0.2, 0.25) is 0 Å². The molecule has 0 heterocycles. The summed E-state index contributed by atoms with van der Waals surface area (Å²) in [4.78, 5) is 10.8. The Hall–Kier alpha value is -1.13. The number of nitro groups is 1. The maximum atomic E-state index is 11.1. The van der Waals surface area contributed by atoms with Crippen LogP contribution in [-0.4, -0.2) is 10.5 Å². The molecule has 0 aliphatic heterocycles. The topological polar surface area (TPSA) is 69.2 Å². The standard InChI is InChI=1S/C15H21ClN2O2/c1-2-11-4-3-7-15(17,9-11)10-12-8-13(16)5-6-14(12)18(19)20/h5-6,8,11H,2-4,7,9-10,17H2,1H3. The molecule has 2 unspecified atom stereocenters. The molecule has 0 spiro atoms. The van der Waals surface area contributed by atoms with Crippen LogP contribution in [0.4, 0.5) is 5.69 Å². The van der Waals surface area contributed by atoms with Gasteiger partial charge in [0.05, 0.1) is 4.92 Å². The second-order valence-electron chi connectivity index (χ2n) is 5.94. The van der Waals surface area contributed by atoms with E-state index in [0.717, 1.165) is 25.7 Å². The molecule has 0 radical (unpaired) electrons. The molecule has 0 saturated heterocycles. The molecule has 1 saturated carbocycles. The summed E-state index contributed by atoms with van der Waals surface area (Å²) in [6.07, 6.45) is 5.83. The Labute approximate surface area is 124 Å². The quantitative estimate of drug-likeness (QED) is 0.672. The summed E-state index contributed by atoms with van der Waals surface area (Å²) in [7, 11) is 0.